The van der Waals surface area contributed by atoms with Gasteiger partial charge in [0, 0.05) is 86.3 Å². The third-order valence-corrected chi connectivity index (χ3v) is 29.2. The molecule has 56 heteroatoms. The molecule has 736 valence electrons. The van der Waals surface area contributed by atoms with Crippen molar-refractivity contribution in [2.75, 3.05) is 92.0 Å². The highest BCUT2D eigenvalue weighted by atomic mass is 32.2. The molecular weight excluding hydrogens is 1890 g/mol. The second kappa shape index (κ2) is 54.0. The van der Waals surface area contributed by atoms with Gasteiger partial charge in [-0.3, -0.25) is 38.4 Å². The number of rotatable bonds is 41. The Morgan fingerprint density at radius 3 is 0.547 bits per heavy atom. The van der Waals surface area contributed by atoms with Crippen LogP contribution in [0.4, 0.5) is 0 Å². The maximum absolute atomic E-state index is 12.3. The molecule has 48 nitrogen and oxygen atoms in total. The molecule has 0 amide bonds. The summed E-state index contributed by atoms with van der Waals surface area (Å²) in [6.45, 7) is 0. The van der Waals surface area contributed by atoms with Gasteiger partial charge in [-0.05, 0) is 12.2 Å². The predicted molar refractivity (Wildman–Crippen MR) is 443 cm³/mol. The topological polar surface area (TPSA) is 781 Å². The lowest BCUT2D eigenvalue weighted by molar-refractivity contribution is -0.391. The number of ether oxygens (including phenoxy) is 15. The van der Waals surface area contributed by atoms with Gasteiger partial charge in [0.05, 0.1) is 94.1 Å². The molecule has 18 aliphatic heterocycles. The number of aliphatic carboxylic acids is 8. The van der Waals surface area contributed by atoms with Gasteiger partial charge in [-0.2, -0.15) is 94.1 Å². The predicted octanol–water partition coefficient (Wildman–Crippen LogP) is -6.09. The molecule has 0 aromatic rings. The van der Waals surface area contributed by atoms with E-state index in [2.05, 4.69) is 0 Å². The number of fused-ring (bicyclic) bond motifs is 1. The summed E-state index contributed by atoms with van der Waals surface area (Å²) < 4.78 is 92.8. The van der Waals surface area contributed by atoms with Gasteiger partial charge >= 0.3 is 47.8 Å². The molecule has 18 aliphatic rings. The minimum atomic E-state index is -2.83. The second-order valence-electron chi connectivity index (χ2n) is 30.2. The Morgan fingerprint density at radius 1 is 0.203 bits per heavy atom. The van der Waals surface area contributed by atoms with Gasteiger partial charge in [0.25, 0.3) is 0 Å². The zero-order valence-electron chi connectivity index (χ0n) is 67.9. The van der Waals surface area contributed by atoms with Crippen LogP contribution in [0.3, 0.4) is 0 Å². The number of carboxylic acid groups (broad SMARTS) is 8. The Bertz CT molecular complexity index is 3510. The van der Waals surface area contributed by atoms with Crippen LogP contribution >= 0.6 is 94.1 Å². The molecule has 14 bridgehead atoms. The quantitative estimate of drug-likeness (QED) is 0.0253. The zero-order chi connectivity index (χ0) is 94.1. The van der Waals surface area contributed by atoms with E-state index in [9.17, 15) is 166 Å². The molecule has 18 rings (SSSR count). The molecule has 37 unspecified atom stereocenters. The fourth-order valence-corrected chi connectivity index (χ4v) is 21.9. The number of hydrogen-bond acceptors (Lipinski definition) is 48. The summed E-state index contributed by atoms with van der Waals surface area (Å²) in [6.07, 6.45) is -82.1. The monoisotopic (exact) mass is 2000 g/mol. The maximum Gasteiger partial charge on any atom is 0.304 e. The molecule has 37 atom stereocenters. The molecule has 7 fully saturated rings. The standard InChI is InChI=1S/C72H112O48S8/c73-34(74)2-11-121-10-1-26-42(89)50(97)65(105)114-58-27(19-122-12-3-35(75)76)108-67(52(99)43(58)90)116-60-29(21-124-14-5-37(79)80)110-69(54(101)45(60)92)118-62-31(23-126-16-7-39(83)84)112-71(56(103)47(62)94)120-64-33(25-128-18-9-41(87)88)113-72(57(104)49(64)96)119-63-32(24-127-17-8-40(85)86)111-70(55(102)48(63)95)117-61-30(22-125-15-6-38(81)82)109-68(53(100)46(61)93)115-59-28(20-123-13-4-36(77)78)107-66(106-26)51(98)44(59)91/h26-33,43-49,51-72,89-105H,1-25H2,(H,73,74)(H,75,76)(H,77,78)(H,79,80)(H,81,82)(H,83,84)(H,85,86)(H,87,88)/b50-42-. The van der Waals surface area contributed by atoms with E-state index in [0.717, 1.165) is 94.1 Å². The molecule has 7 saturated heterocycles. The first-order valence-electron chi connectivity index (χ1n) is 40.2. The van der Waals surface area contributed by atoms with E-state index in [1.807, 2.05) is 0 Å². The first kappa shape index (κ1) is 110. The minimum Gasteiger partial charge on any atom is -0.506 e. The van der Waals surface area contributed by atoms with Gasteiger partial charge in [0.1, 0.15) is 134 Å². The van der Waals surface area contributed by atoms with Crippen molar-refractivity contribution in [3.8, 4) is 0 Å². The Labute approximate surface area is 763 Å². The van der Waals surface area contributed by atoms with Crippen molar-refractivity contribution in [2.45, 2.75) is 285 Å². The molecule has 25 N–H and O–H groups in total. The van der Waals surface area contributed by atoms with Crippen LogP contribution in [0.15, 0.2) is 11.5 Å². The summed E-state index contributed by atoms with van der Waals surface area (Å²) in [6, 6.07) is 0. The van der Waals surface area contributed by atoms with Crippen molar-refractivity contribution in [3.63, 3.8) is 0 Å². The smallest absolute Gasteiger partial charge is 0.304 e. The molecule has 128 heavy (non-hydrogen) atoms. The van der Waals surface area contributed by atoms with E-state index >= 15 is 0 Å². The summed E-state index contributed by atoms with van der Waals surface area (Å²) in [5.41, 5.74) is 0. The van der Waals surface area contributed by atoms with E-state index in [1.165, 1.54) is 0 Å². The van der Waals surface area contributed by atoms with E-state index in [4.69, 9.17) is 71.1 Å². The lowest BCUT2D eigenvalue weighted by Gasteiger charge is -2.50. The fourth-order valence-electron chi connectivity index (χ4n) is 14.1. The van der Waals surface area contributed by atoms with Crippen LogP contribution in [0.2, 0.25) is 0 Å². The van der Waals surface area contributed by atoms with Crippen LogP contribution in [-0.4, -0.2) is 495 Å². The van der Waals surface area contributed by atoms with Crippen molar-refractivity contribution >= 4 is 142 Å². The number of thioether (sulfide) groups is 8. The van der Waals surface area contributed by atoms with Gasteiger partial charge in [-0.15, -0.1) is 0 Å². The first-order valence-corrected chi connectivity index (χ1v) is 49.4. The van der Waals surface area contributed by atoms with Crippen LogP contribution in [0.25, 0.3) is 0 Å². The number of carbonyl (C=O) groups is 8. The Morgan fingerprint density at radius 2 is 0.367 bits per heavy atom. The summed E-state index contributed by atoms with van der Waals surface area (Å²) >= 11 is 6.96. The fraction of sp³-hybridized carbons (Fsp3) is 0.861. The van der Waals surface area contributed by atoms with Gasteiger partial charge < -0.3 is 199 Å². The summed E-state index contributed by atoms with van der Waals surface area (Å²) in [4.78, 5) is 93.9. The van der Waals surface area contributed by atoms with Crippen molar-refractivity contribution < 1.29 is 237 Å². The SMILES string of the molecule is O=C(O)CCSCCC1OC2OC(CSCCC(=O)O)C(OC3OC(CSCCC(=O)O)C(OC4OC(CSCCC(=O)O)C(OC5OC(CSCCC(=O)O)C(OC6OC(CSCCC(=O)O)C(OC7OC(CSCCC(=O)O)C(OC8OC(CSCCC(=O)O)C(OC(O)/C(O)=C\1O)C(O)C8O)C(O)C7O)C(O)C6O)C(O)C5O)C(O)C4O)C(O)C3O)C(O)C2O. The molecule has 0 aliphatic carbocycles. The van der Waals surface area contributed by atoms with Crippen LogP contribution in [0, 0.1) is 0 Å². The number of carboxylic acids is 8. The molecular formula is C72H112O48S8. The van der Waals surface area contributed by atoms with Gasteiger partial charge in [-0.1, -0.05) is 0 Å². The van der Waals surface area contributed by atoms with Gasteiger partial charge in [0.2, 0.25) is 6.29 Å². The van der Waals surface area contributed by atoms with Crippen LogP contribution in [-0.2, 0) is 109 Å². The third-order valence-electron chi connectivity index (χ3n) is 20.8. The summed E-state index contributed by atoms with van der Waals surface area (Å²) in [5.74, 6) is -17.3. The average Bonchev–Trinajstić information content (AvgIpc) is 0.775. The molecule has 0 saturated carbocycles. The lowest BCUT2D eigenvalue weighted by atomic mass is 9.95. The average molecular weight is 2000 g/mol. The third kappa shape index (κ3) is 32.2. The number of aliphatic hydroxyl groups is 17. The highest BCUT2D eigenvalue weighted by Crippen LogP contribution is 2.42. The largest absolute Gasteiger partial charge is 0.506 e. The molecule has 0 radical (unpaired) electrons. The van der Waals surface area contributed by atoms with Gasteiger partial charge in [-0.25, -0.2) is 0 Å². The Balaban J connectivity index is 1.23. The van der Waals surface area contributed by atoms with E-state index < -0.39 is 373 Å². The van der Waals surface area contributed by atoms with Crippen molar-refractivity contribution in [3.05, 3.63) is 11.5 Å². The Hall–Kier alpha value is -3.30. The van der Waals surface area contributed by atoms with Crippen LogP contribution in [0.1, 0.15) is 57.8 Å². The second-order valence-corrected chi connectivity index (χ2v) is 39.5. The number of aliphatic hydroxyl groups excluding tert-OH is 17. The Kier molecular flexibility index (Phi) is 46.4. The molecule has 18 heterocycles. The van der Waals surface area contributed by atoms with Crippen LogP contribution < -0.4 is 0 Å². The summed E-state index contributed by atoms with van der Waals surface area (Å²) in [5, 5.41) is 282. The van der Waals surface area contributed by atoms with Gasteiger partial charge in [0.15, 0.2) is 55.5 Å². The van der Waals surface area contributed by atoms with E-state index in [-0.39, 0.29) is 63.3 Å². The van der Waals surface area contributed by atoms with E-state index in [0.29, 0.717) is 0 Å². The van der Waals surface area contributed by atoms with Crippen molar-refractivity contribution in [2.24, 2.45) is 0 Å². The summed E-state index contributed by atoms with van der Waals surface area (Å²) in [7, 11) is 0. The minimum absolute atomic E-state index is 0.0827. The molecule has 0 spiro atoms. The normalized spacial score (nSPS) is 40.0. The highest BCUT2D eigenvalue weighted by molar-refractivity contribution is 8.00. The first-order chi connectivity index (χ1) is 60.7. The van der Waals surface area contributed by atoms with Crippen molar-refractivity contribution in [1.82, 2.24) is 0 Å². The maximum atomic E-state index is 12.3. The molecule has 0 aromatic carbocycles. The lowest BCUT2D eigenvalue weighted by Crippen LogP contribution is -2.68. The van der Waals surface area contributed by atoms with Crippen molar-refractivity contribution in [1.29, 1.82) is 0 Å². The number of hydrogen-bond donors (Lipinski definition) is 25. The highest BCUT2D eigenvalue weighted by Gasteiger charge is 2.60. The van der Waals surface area contributed by atoms with Crippen LogP contribution in [0.5, 0.6) is 0 Å². The van der Waals surface area contributed by atoms with E-state index in [1.54, 1.807) is 0 Å². The zero-order valence-corrected chi connectivity index (χ0v) is 74.4. The molecule has 0 aromatic heterocycles.